The van der Waals surface area contributed by atoms with E-state index in [9.17, 15) is 9.59 Å². The Hall–Kier alpha value is -2.30. The fourth-order valence-electron chi connectivity index (χ4n) is 1.66. The van der Waals surface area contributed by atoms with Gasteiger partial charge < -0.3 is 4.74 Å². The van der Waals surface area contributed by atoms with Crippen LogP contribution in [0.5, 0.6) is 5.75 Å². The zero-order chi connectivity index (χ0) is 15.5. The molecule has 2 N–H and O–H groups in total. The molecule has 0 radical (unpaired) electrons. The number of unbranched alkanes of at least 4 members (excludes halogenated alkanes) is 2. The van der Waals surface area contributed by atoms with E-state index in [4.69, 9.17) is 4.74 Å². The molecule has 0 aromatic heterocycles. The molecule has 0 aliphatic heterocycles. The van der Waals surface area contributed by atoms with Crippen molar-refractivity contribution in [2.45, 2.75) is 32.6 Å². The molecule has 2 amide bonds. The number of hydrogen-bond acceptors (Lipinski definition) is 3. The zero-order valence-corrected chi connectivity index (χ0v) is 12.5. The van der Waals surface area contributed by atoms with Crippen LogP contribution in [0.2, 0.25) is 0 Å². The first-order chi connectivity index (χ1) is 10.2. The standard InChI is InChI=1S/C16H22N2O3/c1-3-4-5-6-15(19)17-18-16(20)12-9-13-7-10-14(21-2)11-8-13/h7-12H,3-6H2,1-2H3,(H,17,19)(H,18,20)/b12-9+. The number of benzene rings is 1. The van der Waals surface area contributed by atoms with Crippen LogP contribution in [-0.4, -0.2) is 18.9 Å². The van der Waals surface area contributed by atoms with E-state index >= 15 is 0 Å². The largest absolute Gasteiger partial charge is 0.497 e. The fourth-order valence-corrected chi connectivity index (χ4v) is 1.66. The lowest BCUT2D eigenvalue weighted by atomic mass is 10.2. The van der Waals surface area contributed by atoms with Gasteiger partial charge in [-0.25, -0.2) is 0 Å². The molecule has 0 saturated heterocycles. The van der Waals surface area contributed by atoms with Gasteiger partial charge in [0.05, 0.1) is 7.11 Å². The number of hydrazine groups is 1. The summed E-state index contributed by atoms with van der Waals surface area (Å²) in [5, 5.41) is 0. The molecule has 0 spiro atoms. The van der Waals surface area contributed by atoms with Gasteiger partial charge in [-0.05, 0) is 30.2 Å². The minimum absolute atomic E-state index is 0.172. The van der Waals surface area contributed by atoms with Crippen molar-refractivity contribution in [3.63, 3.8) is 0 Å². The Kier molecular flexibility index (Phi) is 7.64. The zero-order valence-electron chi connectivity index (χ0n) is 12.5. The Balaban J connectivity index is 2.32. The van der Waals surface area contributed by atoms with E-state index < -0.39 is 0 Å². The van der Waals surface area contributed by atoms with Gasteiger partial charge >= 0.3 is 0 Å². The predicted molar refractivity (Wildman–Crippen MR) is 82.5 cm³/mol. The van der Waals surface area contributed by atoms with Gasteiger partial charge in [0.1, 0.15) is 5.75 Å². The van der Waals surface area contributed by atoms with Crippen molar-refractivity contribution < 1.29 is 14.3 Å². The van der Waals surface area contributed by atoms with Gasteiger partial charge in [0, 0.05) is 12.5 Å². The summed E-state index contributed by atoms with van der Waals surface area (Å²) in [6, 6.07) is 7.30. The maximum Gasteiger partial charge on any atom is 0.262 e. The monoisotopic (exact) mass is 290 g/mol. The third kappa shape index (κ3) is 7.15. The van der Waals surface area contributed by atoms with Crippen molar-refractivity contribution >= 4 is 17.9 Å². The number of methoxy groups -OCH3 is 1. The highest BCUT2D eigenvalue weighted by molar-refractivity contribution is 5.93. The molecule has 0 unspecified atom stereocenters. The molecule has 1 rings (SSSR count). The second-order valence-electron chi connectivity index (χ2n) is 4.60. The van der Waals surface area contributed by atoms with Gasteiger partial charge in [-0.15, -0.1) is 0 Å². The van der Waals surface area contributed by atoms with Crippen LogP contribution in [0.3, 0.4) is 0 Å². The maximum absolute atomic E-state index is 11.5. The normalized spacial score (nSPS) is 10.4. The molecule has 21 heavy (non-hydrogen) atoms. The highest BCUT2D eigenvalue weighted by Gasteiger charge is 2.01. The molecule has 114 valence electrons. The third-order valence-corrected chi connectivity index (χ3v) is 2.88. The Morgan fingerprint density at radius 1 is 1.14 bits per heavy atom. The van der Waals surface area contributed by atoms with E-state index in [1.165, 1.54) is 6.08 Å². The van der Waals surface area contributed by atoms with E-state index in [1.54, 1.807) is 13.2 Å². The number of hydrogen-bond donors (Lipinski definition) is 2. The summed E-state index contributed by atoms with van der Waals surface area (Å²) in [5.74, 6) is 0.222. The molecule has 5 nitrogen and oxygen atoms in total. The first kappa shape index (κ1) is 16.8. The van der Waals surface area contributed by atoms with Crippen molar-refractivity contribution in [2.75, 3.05) is 7.11 Å². The van der Waals surface area contributed by atoms with Crippen molar-refractivity contribution in [1.29, 1.82) is 0 Å². The quantitative estimate of drug-likeness (QED) is 0.460. The first-order valence-corrected chi connectivity index (χ1v) is 7.06. The van der Waals surface area contributed by atoms with Crippen molar-refractivity contribution in [3.05, 3.63) is 35.9 Å². The second kappa shape index (κ2) is 9.58. The summed E-state index contributed by atoms with van der Waals surface area (Å²) >= 11 is 0. The van der Waals surface area contributed by atoms with E-state index in [0.717, 1.165) is 30.6 Å². The number of carbonyl (C=O) groups is 2. The second-order valence-corrected chi connectivity index (χ2v) is 4.60. The van der Waals surface area contributed by atoms with Gasteiger partial charge in [0.2, 0.25) is 5.91 Å². The van der Waals surface area contributed by atoms with Crippen LogP contribution < -0.4 is 15.6 Å². The number of amides is 2. The van der Waals surface area contributed by atoms with Gasteiger partial charge in [-0.3, -0.25) is 20.4 Å². The molecule has 0 saturated carbocycles. The van der Waals surface area contributed by atoms with Crippen molar-refractivity contribution in [3.8, 4) is 5.75 Å². The minimum atomic E-state index is -0.366. The summed E-state index contributed by atoms with van der Waals surface area (Å²) in [4.78, 5) is 22.9. The Labute approximate surface area is 125 Å². The lowest BCUT2D eigenvalue weighted by Crippen LogP contribution is -2.40. The van der Waals surface area contributed by atoms with E-state index in [-0.39, 0.29) is 11.8 Å². The molecule has 5 heteroatoms. The van der Waals surface area contributed by atoms with Crippen LogP contribution in [0.4, 0.5) is 0 Å². The van der Waals surface area contributed by atoms with Gasteiger partial charge in [0.15, 0.2) is 0 Å². The SMILES string of the molecule is CCCCCC(=O)NNC(=O)/C=C/c1ccc(OC)cc1. The highest BCUT2D eigenvalue weighted by Crippen LogP contribution is 2.12. The van der Waals surface area contributed by atoms with Gasteiger partial charge in [-0.2, -0.15) is 0 Å². The van der Waals surface area contributed by atoms with Crippen LogP contribution in [0.1, 0.15) is 38.2 Å². The highest BCUT2D eigenvalue weighted by atomic mass is 16.5. The molecule has 1 aromatic carbocycles. The molecular weight excluding hydrogens is 268 g/mol. The summed E-state index contributed by atoms with van der Waals surface area (Å²) in [6.07, 6.45) is 6.37. The molecular formula is C16H22N2O3. The predicted octanol–water partition coefficient (Wildman–Crippen LogP) is 2.44. The van der Waals surface area contributed by atoms with Gasteiger partial charge in [0.25, 0.3) is 5.91 Å². The smallest absolute Gasteiger partial charge is 0.262 e. The fraction of sp³-hybridized carbons (Fsp3) is 0.375. The lowest BCUT2D eigenvalue weighted by molar-refractivity contribution is -0.126. The summed E-state index contributed by atoms with van der Waals surface area (Å²) in [5.41, 5.74) is 5.61. The van der Waals surface area contributed by atoms with Crippen LogP contribution in [0.15, 0.2) is 30.3 Å². The molecule has 0 heterocycles. The van der Waals surface area contributed by atoms with E-state index in [1.807, 2.05) is 24.3 Å². The van der Waals surface area contributed by atoms with Gasteiger partial charge in [-0.1, -0.05) is 31.9 Å². The molecule has 0 atom stereocenters. The van der Waals surface area contributed by atoms with Crippen LogP contribution >= 0.6 is 0 Å². The Morgan fingerprint density at radius 3 is 2.48 bits per heavy atom. The summed E-state index contributed by atoms with van der Waals surface area (Å²) < 4.78 is 5.05. The topological polar surface area (TPSA) is 67.4 Å². The van der Waals surface area contributed by atoms with Crippen molar-refractivity contribution in [1.82, 2.24) is 10.9 Å². The number of carbonyl (C=O) groups excluding carboxylic acids is 2. The Morgan fingerprint density at radius 2 is 1.86 bits per heavy atom. The van der Waals surface area contributed by atoms with Crippen molar-refractivity contribution in [2.24, 2.45) is 0 Å². The van der Waals surface area contributed by atoms with Crippen LogP contribution in [0, 0.1) is 0 Å². The lowest BCUT2D eigenvalue weighted by Gasteiger charge is -2.04. The summed E-state index contributed by atoms with van der Waals surface area (Å²) in [6.45, 7) is 2.07. The van der Waals surface area contributed by atoms with E-state index in [0.29, 0.717) is 6.42 Å². The maximum atomic E-state index is 11.5. The molecule has 0 aliphatic rings. The third-order valence-electron chi connectivity index (χ3n) is 2.88. The van der Waals surface area contributed by atoms with Crippen LogP contribution in [-0.2, 0) is 9.59 Å². The first-order valence-electron chi connectivity index (χ1n) is 7.06. The van der Waals surface area contributed by atoms with E-state index in [2.05, 4.69) is 17.8 Å². The van der Waals surface area contributed by atoms with Crippen LogP contribution in [0.25, 0.3) is 6.08 Å². The minimum Gasteiger partial charge on any atom is -0.497 e. The Bertz CT molecular complexity index is 481. The molecule has 0 fully saturated rings. The molecule has 0 aliphatic carbocycles. The number of nitrogens with one attached hydrogen (secondary N) is 2. The number of ether oxygens (including phenoxy) is 1. The molecule has 1 aromatic rings. The average Bonchev–Trinajstić information content (AvgIpc) is 2.51. The summed E-state index contributed by atoms with van der Waals surface area (Å²) in [7, 11) is 1.60. The molecule has 0 bridgehead atoms. The number of rotatable bonds is 7. The average molecular weight is 290 g/mol.